The van der Waals surface area contributed by atoms with E-state index in [1.54, 1.807) is 0 Å². The summed E-state index contributed by atoms with van der Waals surface area (Å²) in [5.41, 5.74) is 7.91. The summed E-state index contributed by atoms with van der Waals surface area (Å²) in [7, 11) is -0.895. The van der Waals surface area contributed by atoms with Gasteiger partial charge in [0.25, 0.3) is 0 Å². The van der Waals surface area contributed by atoms with Crippen molar-refractivity contribution in [3.8, 4) is 33.4 Å². The first kappa shape index (κ1) is 22.3. The molecular formula is C36H23N2P. The van der Waals surface area contributed by atoms with Crippen molar-refractivity contribution in [1.82, 2.24) is 9.97 Å². The quantitative estimate of drug-likeness (QED) is 0.224. The molecule has 5 aromatic carbocycles. The molecule has 2 nitrogen and oxygen atoms in total. The lowest BCUT2D eigenvalue weighted by molar-refractivity contribution is 1.34. The molecule has 0 aliphatic heterocycles. The van der Waals surface area contributed by atoms with E-state index < -0.39 is 7.92 Å². The van der Waals surface area contributed by atoms with Crippen LogP contribution in [-0.2, 0) is 0 Å². The van der Waals surface area contributed by atoms with Gasteiger partial charge in [0.05, 0.1) is 0 Å². The molecule has 1 aliphatic carbocycles. The van der Waals surface area contributed by atoms with Crippen molar-refractivity contribution >= 4 is 45.4 Å². The molecule has 0 radical (unpaired) electrons. The minimum absolute atomic E-state index is 0.895. The number of hydrogen-bond donors (Lipinski definition) is 0. The van der Waals surface area contributed by atoms with Crippen LogP contribution in [0.5, 0.6) is 0 Å². The third kappa shape index (κ3) is 3.39. The zero-order chi connectivity index (χ0) is 25.8. The van der Waals surface area contributed by atoms with Crippen LogP contribution >= 0.6 is 7.92 Å². The van der Waals surface area contributed by atoms with Crippen molar-refractivity contribution < 1.29 is 0 Å². The fourth-order valence-electron chi connectivity index (χ4n) is 6.24. The molecule has 0 spiro atoms. The summed E-state index contributed by atoms with van der Waals surface area (Å²) >= 11 is 0. The van der Waals surface area contributed by atoms with Gasteiger partial charge in [0, 0.05) is 30.1 Å². The van der Waals surface area contributed by atoms with Crippen LogP contribution in [0.2, 0.25) is 0 Å². The van der Waals surface area contributed by atoms with Crippen molar-refractivity contribution in [2.45, 2.75) is 0 Å². The normalized spacial score (nSPS) is 11.8. The number of fused-ring (bicyclic) bond motifs is 4. The Morgan fingerprint density at radius 3 is 1.64 bits per heavy atom. The molecule has 7 aromatic rings. The monoisotopic (exact) mass is 514 g/mol. The second-order valence-corrected chi connectivity index (χ2v) is 12.0. The molecule has 0 unspecified atom stereocenters. The molecule has 0 saturated heterocycles. The second-order valence-electron chi connectivity index (χ2n) is 9.84. The summed E-state index contributed by atoms with van der Waals surface area (Å²) in [6.07, 6.45) is 7.67. The van der Waals surface area contributed by atoms with Crippen molar-refractivity contribution in [3.63, 3.8) is 0 Å². The molecule has 0 bridgehead atoms. The van der Waals surface area contributed by atoms with Crippen molar-refractivity contribution in [3.05, 3.63) is 140 Å². The van der Waals surface area contributed by atoms with Crippen molar-refractivity contribution in [1.29, 1.82) is 0 Å². The predicted octanol–water partition coefficient (Wildman–Crippen LogP) is 7.86. The molecular weight excluding hydrogens is 491 g/mol. The number of nitrogens with zero attached hydrogens (tertiary/aromatic N) is 2. The van der Waals surface area contributed by atoms with E-state index in [9.17, 15) is 0 Å². The Labute approximate surface area is 228 Å². The Morgan fingerprint density at radius 2 is 1.00 bits per heavy atom. The number of pyridine rings is 2. The number of hydrogen-bond acceptors (Lipinski definition) is 2. The third-order valence-corrected chi connectivity index (χ3v) is 10.3. The minimum Gasteiger partial charge on any atom is -0.265 e. The molecule has 0 saturated carbocycles. The predicted molar refractivity (Wildman–Crippen MR) is 166 cm³/mol. The van der Waals surface area contributed by atoms with Crippen LogP contribution < -0.4 is 15.9 Å². The van der Waals surface area contributed by atoms with Gasteiger partial charge in [0.2, 0.25) is 0 Å². The molecule has 8 rings (SSSR count). The fourth-order valence-corrected chi connectivity index (χ4v) is 8.81. The average molecular weight is 515 g/mol. The van der Waals surface area contributed by atoms with Gasteiger partial charge in [0.15, 0.2) is 0 Å². The molecule has 39 heavy (non-hydrogen) atoms. The molecule has 182 valence electrons. The molecule has 3 heteroatoms. The van der Waals surface area contributed by atoms with Crippen LogP contribution in [0.3, 0.4) is 0 Å². The number of rotatable bonds is 4. The van der Waals surface area contributed by atoms with Crippen LogP contribution in [0.1, 0.15) is 0 Å². The summed E-state index contributed by atoms with van der Waals surface area (Å²) < 4.78 is 0. The molecule has 1 aliphatic rings. The number of benzene rings is 5. The van der Waals surface area contributed by atoms with E-state index in [2.05, 4.69) is 125 Å². The summed E-state index contributed by atoms with van der Waals surface area (Å²) in [5, 5.41) is 9.20. The van der Waals surface area contributed by atoms with E-state index in [1.807, 2.05) is 24.8 Å². The maximum Gasteiger partial charge on any atom is 0.0274 e. The Bertz CT molecular complexity index is 1960. The first-order valence-corrected chi connectivity index (χ1v) is 14.5. The highest BCUT2D eigenvalue weighted by Gasteiger charge is 2.33. The summed E-state index contributed by atoms with van der Waals surface area (Å²) in [5.74, 6) is 0. The standard InChI is InChI=1S/C36H23N2P/c1-2-8-25(9-3-1)33-28-12-4-5-13-29(28)36(39(26-16-20-37-21-17-26)27-18-22-38-23-19-27)35-31-15-7-11-24-10-6-14-30(32(24)31)34(33)35/h1-23H. The van der Waals surface area contributed by atoms with Crippen molar-refractivity contribution in [2.75, 3.05) is 0 Å². The topological polar surface area (TPSA) is 25.8 Å². The van der Waals surface area contributed by atoms with Crippen LogP contribution in [0.25, 0.3) is 54.9 Å². The van der Waals surface area contributed by atoms with Gasteiger partial charge in [-0.2, -0.15) is 0 Å². The van der Waals surface area contributed by atoms with E-state index >= 15 is 0 Å². The summed E-state index contributed by atoms with van der Waals surface area (Å²) in [6.45, 7) is 0. The first-order valence-electron chi connectivity index (χ1n) is 13.2. The largest absolute Gasteiger partial charge is 0.265 e. The van der Waals surface area contributed by atoms with Gasteiger partial charge < -0.3 is 0 Å². The van der Waals surface area contributed by atoms with Crippen molar-refractivity contribution in [2.24, 2.45) is 0 Å². The van der Waals surface area contributed by atoms with E-state index in [-0.39, 0.29) is 0 Å². The highest BCUT2D eigenvalue weighted by molar-refractivity contribution is 7.80. The van der Waals surface area contributed by atoms with E-state index in [0.29, 0.717) is 0 Å². The highest BCUT2D eigenvalue weighted by Crippen LogP contribution is 2.55. The Balaban J connectivity index is 1.61. The minimum atomic E-state index is -0.895. The molecule has 0 amide bonds. The van der Waals surface area contributed by atoms with Gasteiger partial charge in [0.1, 0.15) is 0 Å². The van der Waals surface area contributed by atoms with E-state index in [0.717, 1.165) is 0 Å². The van der Waals surface area contributed by atoms with E-state index in [4.69, 9.17) is 0 Å². The zero-order valence-corrected chi connectivity index (χ0v) is 22.0. The molecule has 0 N–H and O–H groups in total. The van der Waals surface area contributed by atoms with Gasteiger partial charge in [-0.05, 0) is 97.7 Å². The van der Waals surface area contributed by atoms with E-state index in [1.165, 1.54) is 70.8 Å². The van der Waals surface area contributed by atoms with Gasteiger partial charge in [-0.25, -0.2) is 0 Å². The van der Waals surface area contributed by atoms with Gasteiger partial charge in [-0.15, -0.1) is 0 Å². The van der Waals surface area contributed by atoms with Gasteiger partial charge >= 0.3 is 0 Å². The Hall–Kier alpha value is -4.65. The molecule has 0 fully saturated rings. The van der Waals surface area contributed by atoms with Gasteiger partial charge in [-0.1, -0.05) is 91.0 Å². The molecule has 2 aromatic heterocycles. The maximum absolute atomic E-state index is 4.37. The summed E-state index contributed by atoms with van der Waals surface area (Å²) in [6, 6.07) is 42.1. The lowest BCUT2D eigenvalue weighted by atomic mass is 9.88. The highest BCUT2D eigenvalue weighted by atomic mass is 31.1. The van der Waals surface area contributed by atoms with Crippen LogP contribution in [-0.4, -0.2) is 9.97 Å². The zero-order valence-electron chi connectivity index (χ0n) is 21.1. The molecule has 2 heterocycles. The smallest absolute Gasteiger partial charge is 0.0274 e. The van der Waals surface area contributed by atoms with Gasteiger partial charge in [-0.3, -0.25) is 9.97 Å². The number of aromatic nitrogens is 2. The molecule has 0 atom stereocenters. The first-order chi connectivity index (χ1) is 19.4. The Morgan fingerprint density at radius 1 is 0.436 bits per heavy atom. The maximum atomic E-state index is 4.37. The third-order valence-electron chi connectivity index (χ3n) is 7.76. The SMILES string of the molecule is c1ccc(-c2c3c(c(P(c4ccncc4)c4ccncc4)c4ccccc24)-c2cccc4cccc-3c24)cc1. The summed E-state index contributed by atoms with van der Waals surface area (Å²) in [4.78, 5) is 8.73. The van der Waals surface area contributed by atoms with Crippen LogP contribution in [0, 0.1) is 0 Å². The lowest BCUT2D eigenvalue weighted by Crippen LogP contribution is -2.23. The second kappa shape index (κ2) is 8.98. The average Bonchev–Trinajstić information content (AvgIpc) is 3.34. The van der Waals surface area contributed by atoms with Crippen LogP contribution in [0.4, 0.5) is 0 Å². The van der Waals surface area contributed by atoms with Crippen LogP contribution in [0.15, 0.2) is 140 Å². The Kier molecular flexibility index (Phi) is 5.14. The lowest BCUT2D eigenvalue weighted by Gasteiger charge is -2.26. The fraction of sp³-hybridized carbons (Fsp3) is 0.